The van der Waals surface area contributed by atoms with Crippen LogP contribution in [0.25, 0.3) is 0 Å². The largest absolute Gasteiger partial charge is 0.396 e. The van der Waals surface area contributed by atoms with Gasteiger partial charge in [-0.15, -0.1) is 0 Å². The zero-order valence-corrected chi connectivity index (χ0v) is 15.9. The van der Waals surface area contributed by atoms with E-state index in [4.69, 9.17) is 14.2 Å². The molecular formula is C19H40O4. The second-order valence-electron chi connectivity index (χ2n) is 6.02. The van der Waals surface area contributed by atoms with Gasteiger partial charge in [-0.3, -0.25) is 0 Å². The van der Waals surface area contributed by atoms with Crippen molar-refractivity contribution >= 4 is 0 Å². The van der Waals surface area contributed by atoms with Crippen LogP contribution in [0.15, 0.2) is 0 Å². The minimum atomic E-state index is -0.948. The van der Waals surface area contributed by atoms with E-state index in [1.165, 1.54) is 32.1 Å². The molecule has 0 amide bonds. The highest BCUT2D eigenvalue weighted by molar-refractivity contribution is 4.73. The molecule has 0 fully saturated rings. The molecule has 4 nitrogen and oxygen atoms in total. The van der Waals surface area contributed by atoms with Crippen LogP contribution in [0.2, 0.25) is 0 Å². The predicted molar refractivity (Wildman–Crippen MR) is 95.4 cm³/mol. The number of aliphatic hydroxyl groups excluding tert-OH is 1. The minimum Gasteiger partial charge on any atom is -0.396 e. The molecule has 0 radical (unpaired) electrons. The normalized spacial score (nSPS) is 13.4. The van der Waals surface area contributed by atoms with Gasteiger partial charge in [0.2, 0.25) is 0 Å². The number of ether oxygens (including phenoxy) is 3. The Morgan fingerprint density at radius 2 is 1.17 bits per heavy atom. The quantitative estimate of drug-likeness (QED) is 0.304. The molecule has 23 heavy (non-hydrogen) atoms. The first-order valence-corrected chi connectivity index (χ1v) is 9.73. The van der Waals surface area contributed by atoms with Crippen LogP contribution < -0.4 is 0 Å². The zero-order chi connectivity index (χ0) is 17.4. The van der Waals surface area contributed by atoms with Crippen molar-refractivity contribution in [3.05, 3.63) is 0 Å². The van der Waals surface area contributed by atoms with E-state index >= 15 is 0 Å². The summed E-state index contributed by atoms with van der Waals surface area (Å²) in [4.78, 5) is 0. The van der Waals surface area contributed by atoms with E-state index in [0.29, 0.717) is 19.8 Å². The average molecular weight is 333 g/mol. The summed E-state index contributed by atoms with van der Waals surface area (Å²) in [5.74, 6) is -0.780. The number of unbranched alkanes of at least 4 members (excludes halogenated alkanes) is 5. The molecule has 0 heterocycles. The summed E-state index contributed by atoms with van der Waals surface area (Å²) >= 11 is 0. The van der Waals surface area contributed by atoms with Gasteiger partial charge in [0.05, 0.1) is 0 Å². The maximum Gasteiger partial charge on any atom is 0.285 e. The van der Waals surface area contributed by atoms with Crippen molar-refractivity contribution in [2.45, 2.75) is 91.5 Å². The molecule has 0 spiro atoms. The van der Waals surface area contributed by atoms with Crippen LogP contribution in [0.5, 0.6) is 0 Å². The van der Waals surface area contributed by atoms with Gasteiger partial charge in [0, 0.05) is 32.3 Å². The summed E-state index contributed by atoms with van der Waals surface area (Å²) < 4.78 is 17.8. The van der Waals surface area contributed by atoms with Crippen LogP contribution in [0.1, 0.15) is 85.5 Å². The summed E-state index contributed by atoms with van der Waals surface area (Å²) in [5, 5.41) is 9.22. The molecule has 140 valence electrons. The van der Waals surface area contributed by atoms with Crippen molar-refractivity contribution in [3.63, 3.8) is 0 Å². The van der Waals surface area contributed by atoms with Gasteiger partial charge in [-0.25, -0.2) is 0 Å². The third-order valence-corrected chi connectivity index (χ3v) is 4.15. The maximum atomic E-state index is 9.22. The van der Waals surface area contributed by atoms with E-state index in [-0.39, 0.29) is 12.5 Å². The Morgan fingerprint density at radius 1 is 0.696 bits per heavy atom. The van der Waals surface area contributed by atoms with Crippen molar-refractivity contribution < 1.29 is 19.3 Å². The van der Waals surface area contributed by atoms with Crippen LogP contribution in [0, 0.1) is 5.92 Å². The van der Waals surface area contributed by atoms with E-state index in [0.717, 1.165) is 25.7 Å². The Morgan fingerprint density at radius 3 is 1.65 bits per heavy atom. The summed E-state index contributed by atoms with van der Waals surface area (Å²) in [6.07, 6.45) is 10.3. The molecule has 0 bridgehead atoms. The summed E-state index contributed by atoms with van der Waals surface area (Å²) in [6, 6.07) is 0. The van der Waals surface area contributed by atoms with Crippen molar-refractivity contribution in [1.82, 2.24) is 0 Å². The van der Waals surface area contributed by atoms with Gasteiger partial charge in [-0.2, -0.15) is 0 Å². The SMILES string of the molecule is CCCCCCCCC(CCCO)C(OCC)(OCC)OCC. The van der Waals surface area contributed by atoms with Gasteiger partial charge >= 0.3 is 0 Å². The summed E-state index contributed by atoms with van der Waals surface area (Å²) in [7, 11) is 0. The number of hydrogen-bond donors (Lipinski definition) is 1. The third kappa shape index (κ3) is 9.65. The van der Waals surface area contributed by atoms with Crippen molar-refractivity contribution in [3.8, 4) is 0 Å². The van der Waals surface area contributed by atoms with E-state index in [1.54, 1.807) is 0 Å². The fourth-order valence-electron chi connectivity index (χ4n) is 3.09. The fraction of sp³-hybridized carbons (Fsp3) is 1.00. The second-order valence-corrected chi connectivity index (χ2v) is 6.02. The highest BCUT2D eigenvalue weighted by atomic mass is 16.9. The lowest BCUT2D eigenvalue weighted by Crippen LogP contribution is -2.47. The lowest BCUT2D eigenvalue weighted by atomic mass is 9.93. The zero-order valence-electron chi connectivity index (χ0n) is 15.9. The van der Waals surface area contributed by atoms with Gasteiger partial charge in [0.25, 0.3) is 5.97 Å². The molecule has 1 unspecified atom stereocenters. The first-order valence-electron chi connectivity index (χ1n) is 9.73. The molecule has 0 aromatic rings. The standard InChI is InChI=1S/C19H40O4/c1-5-9-10-11-12-13-15-18(16-14-17-20)19(21-6-2,22-7-3)23-8-4/h18,20H,5-17H2,1-4H3. The molecule has 0 aliphatic heterocycles. The van der Waals surface area contributed by atoms with E-state index in [2.05, 4.69) is 6.92 Å². The molecule has 4 heteroatoms. The minimum absolute atomic E-state index is 0.167. The van der Waals surface area contributed by atoms with Crippen LogP contribution in [0.3, 0.4) is 0 Å². The smallest absolute Gasteiger partial charge is 0.285 e. The van der Waals surface area contributed by atoms with Crippen LogP contribution in [-0.4, -0.2) is 37.5 Å². The molecule has 0 aliphatic rings. The second kappa shape index (κ2) is 15.4. The Hall–Kier alpha value is -0.160. The Labute approximate surface area is 143 Å². The molecule has 0 aliphatic carbocycles. The topological polar surface area (TPSA) is 47.9 Å². The van der Waals surface area contributed by atoms with Crippen molar-refractivity contribution in [2.75, 3.05) is 26.4 Å². The molecular weight excluding hydrogens is 292 g/mol. The van der Waals surface area contributed by atoms with Gasteiger partial charge in [-0.05, 0) is 40.0 Å². The maximum absolute atomic E-state index is 9.22. The van der Waals surface area contributed by atoms with Crippen molar-refractivity contribution in [2.24, 2.45) is 5.92 Å². The first-order chi connectivity index (χ1) is 11.2. The van der Waals surface area contributed by atoms with E-state index < -0.39 is 5.97 Å². The molecule has 0 aromatic heterocycles. The van der Waals surface area contributed by atoms with Gasteiger partial charge in [0.15, 0.2) is 0 Å². The van der Waals surface area contributed by atoms with Crippen molar-refractivity contribution in [1.29, 1.82) is 0 Å². The molecule has 0 saturated heterocycles. The lowest BCUT2D eigenvalue weighted by molar-refractivity contribution is -0.403. The van der Waals surface area contributed by atoms with E-state index in [1.807, 2.05) is 20.8 Å². The van der Waals surface area contributed by atoms with Gasteiger partial charge in [-0.1, -0.05) is 45.4 Å². The van der Waals surface area contributed by atoms with Crippen LogP contribution in [0.4, 0.5) is 0 Å². The van der Waals surface area contributed by atoms with E-state index in [9.17, 15) is 5.11 Å². The molecule has 0 saturated carbocycles. The monoisotopic (exact) mass is 332 g/mol. The Kier molecular flexibility index (Phi) is 15.3. The predicted octanol–water partition coefficient (Wildman–Crippen LogP) is 4.89. The average Bonchev–Trinajstić information content (AvgIpc) is 2.54. The number of aliphatic hydroxyl groups is 1. The highest BCUT2D eigenvalue weighted by Gasteiger charge is 2.41. The molecule has 0 aromatic carbocycles. The van der Waals surface area contributed by atoms with Crippen LogP contribution >= 0.6 is 0 Å². The molecule has 0 rings (SSSR count). The Bertz CT molecular complexity index is 229. The molecule has 1 N–H and O–H groups in total. The number of rotatable bonds is 17. The third-order valence-electron chi connectivity index (χ3n) is 4.15. The van der Waals surface area contributed by atoms with Crippen LogP contribution in [-0.2, 0) is 14.2 Å². The first kappa shape index (κ1) is 22.8. The van der Waals surface area contributed by atoms with Gasteiger partial charge in [0.1, 0.15) is 0 Å². The van der Waals surface area contributed by atoms with Gasteiger partial charge < -0.3 is 19.3 Å². The lowest BCUT2D eigenvalue weighted by Gasteiger charge is -2.39. The summed E-state index contributed by atoms with van der Waals surface area (Å²) in [6.45, 7) is 10.0. The summed E-state index contributed by atoms with van der Waals surface area (Å²) in [5.41, 5.74) is 0. The fourth-order valence-corrected chi connectivity index (χ4v) is 3.09. The molecule has 1 atom stereocenters. The number of hydrogen-bond acceptors (Lipinski definition) is 4. The Balaban J connectivity index is 4.68. The highest BCUT2D eigenvalue weighted by Crippen LogP contribution is 2.34.